The Morgan fingerprint density at radius 1 is 1.41 bits per heavy atom. The number of benzene rings is 1. The molecule has 1 aromatic rings. The number of carbonyl (C=O) groups is 2. The van der Waals surface area contributed by atoms with Crippen LogP contribution in [0.1, 0.15) is 23.2 Å². The van der Waals surface area contributed by atoms with Crippen molar-refractivity contribution in [3.05, 3.63) is 28.8 Å². The van der Waals surface area contributed by atoms with Crippen molar-refractivity contribution >= 4 is 29.2 Å². The van der Waals surface area contributed by atoms with Gasteiger partial charge in [-0.3, -0.25) is 9.69 Å². The lowest BCUT2D eigenvalue weighted by atomic mass is 10.1. The molecule has 2 aliphatic rings. The standard InChI is InChI=1S/C15H19ClN4O2/c16-13-4-3-11(20-7-6-18-15(20)22)8-12(13)14(21)19-9-10-2-1-5-17-10/h3-4,8,10,17H,1-2,5-7,9H2,(H,18,22)(H,19,21). The molecule has 6 nitrogen and oxygen atoms in total. The van der Waals surface area contributed by atoms with E-state index in [1.165, 1.54) is 0 Å². The third-order valence-electron chi connectivity index (χ3n) is 4.03. The van der Waals surface area contributed by atoms with E-state index in [0.29, 0.717) is 41.9 Å². The molecule has 2 saturated heterocycles. The molecule has 118 valence electrons. The van der Waals surface area contributed by atoms with E-state index >= 15 is 0 Å². The number of nitrogens with one attached hydrogen (secondary N) is 3. The topological polar surface area (TPSA) is 73.5 Å². The second kappa shape index (κ2) is 6.54. The van der Waals surface area contributed by atoms with Crippen LogP contribution in [-0.2, 0) is 0 Å². The lowest BCUT2D eigenvalue weighted by molar-refractivity contribution is 0.0950. The number of nitrogens with zero attached hydrogens (tertiary/aromatic N) is 1. The molecule has 0 aromatic heterocycles. The molecule has 3 N–H and O–H groups in total. The van der Waals surface area contributed by atoms with Crippen molar-refractivity contribution in [3.8, 4) is 0 Å². The maximum absolute atomic E-state index is 12.3. The highest BCUT2D eigenvalue weighted by Gasteiger charge is 2.23. The molecule has 3 rings (SSSR count). The molecule has 0 saturated carbocycles. The van der Waals surface area contributed by atoms with Crippen molar-refractivity contribution in [3.63, 3.8) is 0 Å². The van der Waals surface area contributed by atoms with Gasteiger partial charge in [0.2, 0.25) is 0 Å². The van der Waals surface area contributed by atoms with E-state index in [2.05, 4.69) is 16.0 Å². The molecule has 2 aliphatic heterocycles. The Balaban J connectivity index is 1.71. The molecule has 0 bridgehead atoms. The zero-order valence-corrected chi connectivity index (χ0v) is 12.9. The number of rotatable bonds is 4. The Kier molecular flexibility index (Phi) is 4.49. The fourth-order valence-electron chi connectivity index (χ4n) is 2.82. The summed E-state index contributed by atoms with van der Waals surface area (Å²) in [5.74, 6) is -0.208. The summed E-state index contributed by atoms with van der Waals surface area (Å²) in [6.07, 6.45) is 2.21. The van der Waals surface area contributed by atoms with Gasteiger partial charge in [-0.15, -0.1) is 0 Å². The molecule has 2 heterocycles. The maximum atomic E-state index is 12.3. The lowest BCUT2D eigenvalue weighted by Gasteiger charge is -2.17. The van der Waals surface area contributed by atoms with Crippen molar-refractivity contribution in [2.45, 2.75) is 18.9 Å². The highest BCUT2D eigenvalue weighted by atomic mass is 35.5. The van der Waals surface area contributed by atoms with E-state index in [1.807, 2.05) is 0 Å². The largest absolute Gasteiger partial charge is 0.350 e. The Morgan fingerprint density at radius 3 is 2.95 bits per heavy atom. The SMILES string of the molecule is O=C(NCC1CCCN1)c1cc(N2CCNC2=O)ccc1Cl. The first-order valence-electron chi connectivity index (χ1n) is 7.51. The van der Waals surface area contributed by atoms with Gasteiger partial charge in [-0.2, -0.15) is 0 Å². The van der Waals surface area contributed by atoms with E-state index < -0.39 is 0 Å². The lowest BCUT2D eigenvalue weighted by Crippen LogP contribution is -2.37. The molecule has 0 radical (unpaired) electrons. The van der Waals surface area contributed by atoms with Crippen LogP contribution in [0.5, 0.6) is 0 Å². The van der Waals surface area contributed by atoms with Crippen molar-refractivity contribution < 1.29 is 9.59 Å². The van der Waals surface area contributed by atoms with Crippen molar-refractivity contribution in [2.24, 2.45) is 0 Å². The Labute approximate surface area is 134 Å². The van der Waals surface area contributed by atoms with Crippen LogP contribution in [0.4, 0.5) is 10.5 Å². The summed E-state index contributed by atoms with van der Waals surface area (Å²) in [5.41, 5.74) is 1.08. The average Bonchev–Trinajstić information content (AvgIpc) is 3.17. The first-order valence-corrected chi connectivity index (χ1v) is 7.89. The second-order valence-electron chi connectivity index (χ2n) is 5.55. The molecule has 7 heteroatoms. The summed E-state index contributed by atoms with van der Waals surface area (Å²) >= 11 is 6.13. The molecular weight excluding hydrogens is 304 g/mol. The number of urea groups is 1. The normalized spacial score (nSPS) is 21.0. The summed E-state index contributed by atoms with van der Waals surface area (Å²) in [6.45, 7) is 2.79. The molecular formula is C15H19ClN4O2. The molecule has 2 fully saturated rings. The molecule has 0 aliphatic carbocycles. The second-order valence-corrected chi connectivity index (χ2v) is 5.96. The van der Waals surface area contributed by atoms with E-state index in [1.54, 1.807) is 23.1 Å². The highest BCUT2D eigenvalue weighted by Crippen LogP contribution is 2.24. The van der Waals surface area contributed by atoms with Crippen molar-refractivity contribution in [1.29, 1.82) is 0 Å². The van der Waals surface area contributed by atoms with E-state index in [9.17, 15) is 9.59 Å². The third-order valence-corrected chi connectivity index (χ3v) is 4.36. The molecule has 22 heavy (non-hydrogen) atoms. The van der Waals surface area contributed by atoms with Crippen LogP contribution < -0.4 is 20.9 Å². The van der Waals surface area contributed by atoms with Gasteiger partial charge in [0.05, 0.1) is 10.6 Å². The van der Waals surface area contributed by atoms with Crippen molar-refractivity contribution in [1.82, 2.24) is 16.0 Å². The van der Waals surface area contributed by atoms with Gasteiger partial charge in [-0.25, -0.2) is 4.79 Å². The van der Waals surface area contributed by atoms with Gasteiger partial charge in [-0.1, -0.05) is 11.6 Å². The maximum Gasteiger partial charge on any atom is 0.321 e. The Hall–Kier alpha value is -1.79. The molecule has 1 unspecified atom stereocenters. The summed E-state index contributed by atoms with van der Waals surface area (Å²) in [7, 11) is 0. The number of anilines is 1. The Morgan fingerprint density at radius 2 is 2.27 bits per heavy atom. The van der Waals surface area contributed by atoms with E-state index in [-0.39, 0.29) is 11.9 Å². The highest BCUT2D eigenvalue weighted by molar-refractivity contribution is 6.34. The van der Waals surface area contributed by atoms with Gasteiger partial charge >= 0.3 is 6.03 Å². The first-order chi connectivity index (χ1) is 10.6. The first kappa shape index (κ1) is 15.1. The number of halogens is 1. The predicted molar refractivity (Wildman–Crippen MR) is 85.6 cm³/mol. The number of amides is 3. The summed E-state index contributed by atoms with van der Waals surface area (Å²) in [6, 6.07) is 5.26. The smallest absolute Gasteiger partial charge is 0.321 e. The fraction of sp³-hybridized carbons (Fsp3) is 0.467. The zero-order chi connectivity index (χ0) is 15.5. The van der Waals surface area contributed by atoms with Gasteiger partial charge in [0.25, 0.3) is 5.91 Å². The minimum Gasteiger partial charge on any atom is -0.350 e. The minimum atomic E-state index is -0.208. The van der Waals surface area contributed by atoms with Crippen LogP contribution in [0.2, 0.25) is 5.02 Å². The van der Waals surface area contributed by atoms with Gasteiger partial charge in [0, 0.05) is 31.4 Å². The number of hydrogen-bond acceptors (Lipinski definition) is 3. The van der Waals surface area contributed by atoms with Gasteiger partial charge in [0.1, 0.15) is 0 Å². The van der Waals surface area contributed by atoms with E-state index in [4.69, 9.17) is 11.6 Å². The summed E-state index contributed by atoms with van der Waals surface area (Å²) in [4.78, 5) is 25.6. The molecule has 0 spiro atoms. The quantitative estimate of drug-likeness (QED) is 0.783. The summed E-state index contributed by atoms with van der Waals surface area (Å²) < 4.78 is 0. The van der Waals surface area contributed by atoms with Crippen LogP contribution in [0.25, 0.3) is 0 Å². The monoisotopic (exact) mass is 322 g/mol. The molecule has 1 atom stereocenters. The van der Waals surface area contributed by atoms with Crippen LogP contribution >= 0.6 is 11.6 Å². The van der Waals surface area contributed by atoms with Gasteiger partial charge in [-0.05, 0) is 37.6 Å². The Bertz CT molecular complexity index is 587. The average molecular weight is 323 g/mol. The number of carbonyl (C=O) groups excluding carboxylic acids is 2. The van der Waals surface area contributed by atoms with Crippen LogP contribution in [0, 0.1) is 0 Å². The predicted octanol–water partition coefficient (Wildman–Crippen LogP) is 1.35. The molecule has 3 amide bonds. The van der Waals surface area contributed by atoms with Crippen LogP contribution in [0.15, 0.2) is 18.2 Å². The van der Waals surface area contributed by atoms with Crippen LogP contribution in [-0.4, -0.2) is 44.2 Å². The number of hydrogen-bond donors (Lipinski definition) is 3. The van der Waals surface area contributed by atoms with Gasteiger partial charge in [0.15, 0.2) is 0 Å². The third kappa shape index (κ3) is 3.18. The van der Waals surface area contributed by atoms with Crippen molar-refractivity contribution in [2.75, 3.05) is 31.1 Å². The van der Waals surface area contributed by atoms with E-state index in [0.717, 1.165) is 19.4 Å². The fourth-order valence-corrected chi connectivity index (χ4v) is 3.02. The zero-order valence-electron chi connectivity index (χ0n) is 12.2. The molecule has 1 aromatic carbocycles. The minimum absolute atomic E-state index is 0.149. The van der Waals surface area contributed by atoms with Crippen LogP contribution in [0.3, 0.4) is 0 Å². The summed E-state index contributed by atoms with van der Waals surface area (Å²) in [5, 5.41) is 9.36. The van der Waals surface area contributed by atoms with Gasteiger partial charge < -0.3 is 16.0 Å².